The number of para-hydroxylation sites is 1. The van der Waals surface area contributed by atoms with E-state index in [0.717, 1.165) is 21.1 Å². The van der Waals surface area contributed by atoms with Crippen LogP contribution < -0.4 is 14.8 Å². The SMILES string of the molecule is CCOc1cc(/C=C2/SC(=O)N(CC(=O)Nc3ccc(Br)cc3)C2=O)ccc1OCc1ccccc1[N+](=O)[O-]. The highest BCUT2D eigenvalue weighted by molar-refractivity contribution is 9.10. The molecule has 0 unspecified atom stereocenters. The van der Waals surface area contributed by atoms with Crippen LogP contribution in [0.15, 0.2) is 76.1 Å². The van der Waals surface area contributed by atoms with Crippen LogP contribution in [0, 0.1) is 10.1 Å². The summed E-state index contributed by atoms with van der Waals surface area (Å²) in [7, 11) is 0. The van der Waals surface area contributed by atoms with Gasteiger partial charge in [0.05, 0.1) is 22.0 Å². The first-order valence-electron chi connectivity index (χ1n) is 11.7. The normalized spacial score (nSPS) is 14.0. The molecule has 1 aliphatic rings. The van der Waals surface area contributed by atoms with Crippen molar-refractivity contribution in [3.63, 3.8) is 0 Å². The number of hydrogen-bond acceptors (Lipinski definition) is 8. The third kappa shape index (κ3) is 7.03. The van der Waals surface area contributed by atoms with Crippen molar-refractivity contribution in [3.05, 3.63) is 97.3 Å². The summed E-state index contributed by atoms with van der Waals surface area (Å²) in [6.45, 7) is 1.66. The van der Waals surface area contributed by atoms with Gasteiger partial charge in [-0.2, -0.15) is 0 Å². The summed E-state index contributed by atoms with van der Waals surface area (Å²) < 4.78 is 12.3. The summed E-state index contributed by atoms with van der Waals surface area (Å²) >= 11 is 4.06. The van der Waals surface area contributed by atoms with Crippen molar-refractivity contribution in [1.82, 2.24) is 4.90 Å². The number of carbonyl (C=O) groups is 3. The molecule has 3 aromatic carbocycles. The Labute approximate surface area is 236 Å². The van der Waals surface area contributed by atoms with Gasteiger partial charge in [0.2, 0.25) is 5.91 Å². The first kappa shape index (κ1) is 27.9. The lowest BCUT2D eigenvalue weighted by molar-refractivity contribution is -0.385. The summed E-state index contributed by atoms with van der Waals surface area (Å²) in [5.41, 5.74) is 1.47. The Morgan fingerprint density at radius 3 is 2.54 bits per heavy atom. The number of nitro benzene ring substituents is 1. The van der Waals surface area contributed by atoms with Crippen molar-refractivity contribution in [2.75, 3.05) is 18.5 Å². The van der Waals surface area contributed by atoms with Gasteiger partial charge in [-0.15, -0.1) is 0 Å². The third-order valence-corrected chi connectivity index (χ3v) is 6.88. The number of nitrogens with zero attached hydrogens (tertiary/aromatic N) is 2. The van der Waals surface area contributed by atoms with Gasteiger partial charge in [-0.1, -0.05) is 34.1 Å². The molecule has 3 amide bonds. The number of hydrogen-bond donors (Lipinski definition) is 1. The molecule has 1 saturated heterocycles. The van der Waals surface area contributed by atoms with Crippen molar-refractivity contribution >= 4 is 62.2 Å². The van der Waals surface area contributed by atoms with E-state index in [-0.39, 0.29) is 17.2 Å². The van der Waals surface area contributed by atoms with Gasteiger partial charge in [-0.05, 0) is 72.8 Å². The maximum atomic E-state index is 12.9. The molecule has 0 aromatic heterocycles. The van der Waals surface area contributed by atoms with Gasteiger partial charge in [0.25, 0.3) is 16.8 Å². The number of ether oxygens (including phenoxy) is 2. The zero-order valence-electron chi connectivity index (χ0n) is 20.6. The van der Waals surface area contributed by atoms with Crippen LogP contribution in [0.2, 0.25) is 0 Å². The van der Waals surface area contributed by atoms with E-state index < -0.39 is 28.5 Å². The van der Waals surface area contributed by atoms with Crippen LogP contribution in [0.5, 0.6) is 11.5 Å². The molecule has 0 atom stereocenters. The number of amides is 3. The van der Waals surface area contributed by atoms with Gasteiger partial charge in [-0.3, -0.25) is 29.4 Å². The maximum Gasteiger partial charge on any atom is 0.294 e. The Bertz CT molecular complexity index is 1460. The summed E-state index contributed by atoms with van der Waals surface area (Å²) in [4.78, 5) is 49.7. The molecule has 0 bridgehead atoms. The second kappa shape index (κ2) is 12.6. The molecule has 12 heteroatoms. The van der Waals surface area contributed by atoms with Gasteiger partial charge >= 0.3 is 0 Å². The molecular formula is C27H22BrN3O7S. The number of rotatable bonds is 10. The van der Waals surface area contributed by atoms with Crippen LogP contribution in [0.25, 0.3) is 6.08 Å². The largest absolute Gasteiger partial charge is 0.490 e. The number of anilines is 1. The number of nitro groups is 1. The van der Waals surface area contributed by atoms with Gasteiger partial charge in [0, 0.05) is 16.2 Å². The van der Waals surface area contributed by atoms with Crippen LogP contribution in [0.3, 0.4) is 0 Å². The van der Waals surface area contributed by atoms with Crippen molar-refractivity contribution < 1.29 is 28.8 Å². The highest BCUT2D eigenvalue weighted by Gasteiger charge is 2.36. The topological polar surface area (TPSA) is 128 Å². The van der Waals surface area contributed by atoms with Gasteiger partial charge in [-0.25, -0.2) is 0 Å². The van der Waals surface area contributed by atoms with Gasteiger partial charge in [0.15, 0.2) is 11.5 Å². The van der Waals surface area contributed by atoms with Crippen LogP contribution in [0.1, 0.15) is 18.1 Å². The summed E-state index contributed by atoms with van der Waals surface area (Å²) in [6, 6.07) is 18.1. The quantitative estimate of drug-likeness (QED) is 0.168. The lowest BCUT2D eigenvalue weighted by Crippen LogP contribution is -2.36. The first-order valence-corrected chi connectivity index (χ1v) is 13.3. The fraction of sp³-hybridized carbons (Fsp3) is 0.148. The molecule has 1 heterocycles. The van der Waals surface area contributed by atoms with Crippen molar-refractivity contribution in [2.24, 2.45) is 0 Å². The van der Waals surface area contributed by atoms with E-state index in [0.29, 0.717) is 34.9 Å². The van der Waals surface area contributed by atoms with E-state index in [1.54, 1.807) is 67.6 Å². The maximum absolute atomic E-state index is 12.9. The average molecular weight is 612 g/mol. The highest BCUT2D eigenvalue weighted by atomic mass is 79.9. The minimum Gasteiger partial charge on any atom is -0.490 e. The number of thioether (sulfide) groups is 1. The van der Waals surface area contributed by atoms with Crippen LogP contribution in [-0.4, -0.2) is 40.0 Å². The fourth-order valence-corrected chi connectivity index (χ4v) is 4.74. The molecule has 0 radical (unpaired) electrons. The van der Waals surface area contributed by atoms with Crippen molar-refractivity contribution in [1.29, 1.82) is 0 Å². The highest BCUT2D eigenvalue weighted by Crippen LogP contribution is 2.35. The molecule has 1 fully saturated rings. The van der Waals surface area contributed by atoms with Crippen LogP contribution in [-0.2, 0) is 16.2 Å². The smallest absolute Gasteiger partial charge is 0.294 e. The fourth-order valence-electron chi connectivity index (χ4n) is 3.63. The van der Waals surface area contributed by atoms with Crippen molar-refractivity contribution in [2.45, 2.75) is 13.5 Å². The molecule has 1 aliphatic heterocycles. The van der Waals surface area contributed by atoms with E-state index in [1.807, 2.05) is 0 Å². The Balaban J connectivity index is 1.46. The van der Waals surface area contributed by atoms with Gasteiger partial charge < -0.3 is 14.8 Å². The molecule has 0 aliphatic carbocycles. The average Bonchev–Trinajstić information content (AvgIpc) is 3.17. The summed E-state index contributed by atoms with van der Waals surface area (Å²) in [5, 5.41) is 13.4. The number of imide groups is 1. The number of halogens is 1. The molecule has 39 heavy (non-hydrogen) atoms. The molecule has 0 spiro atoms. The van der Waals surface area contributed by atoms with Gasteiger partial charge in [0.1, 0.15) is 13.2 Å². The number of carbonyl (C=O) groups excluding carboxylic acids is 3. The molecule has 3 aromatic rings. The monoisotopic (exact) mass is 611 g/mol. The van der Waals surface area contributed by atoms with Crippen molar-refractivity contribution in [3.8, 4) is 11.5 Å². The van der Waals surface area contributed by atoms with E-state index in [4.69, 9.17) is 9.47 Å². The zero-order chi connectivity index (χ0) is 27.9. The van der Waals surface area contributed by atoms with E-state index in [1.165, 1.54) is 12.1 Å². The summed E-state index contributed by atoms with van der Waals surface area (Å²) in [6.07, 6.45) is 1.53. The lowest BCUT2D eigenvalue weighted by atomic mass is 10.1. The Morgan fingerprint density at radius 2 is 1.82 bits per heavy atom. The molecule has 0 saturated carbocycles. The minimum absolute atomic E-state index is 0.0439. The molecular weight excluding hydrogens is 590 g/mol. The minimum atomic E-state index is -0.578. The second-order valence-corrected chi connectivity index (χ2v) is 10.0. The first-order chi connectivity index (χ1) is 18.7. The lowest BCUT2D eigenvalue weighted by Gasteiger charge is -2.13. The van der Waals surface area contributed by atoms with E-state index in [2.05, 4.69) is 21.2 Å². The second-order valence-electron chi connectivity index (χ2n) is 8.14. The Kier molecular flexibility index (Phi) is 8.99. The predicted octanol–water partition coefficient (Wildman–Crippen LogP) is 6.01. The number of benzene rings is 3. The Hall–Kier alpha value is -4.16. The van der Waals surface area contributed by atoms with E-state index >= 15 is 0 Å². The van der Waals surface area contributed by atoms with Crippen LogP contribution >= 0.6 is 27.7 Å². The van der Waals surface area contributed by atoms with E-state index in [9.17, 15) is 24.5 Å². The summed E-state index contributed by atoms with van der Waals surface area (Å²) in [5.74, 6) is -0.340. The zero-order valence-corrected chi connectivity index (χ0v) is 23.0. The molecule has 1 N–H and O–H groups in total. The Morgan fingerprint density at radius 1 is 1.08 bits per heavy atom. The molecule has 200 valence electrons. The van der Waals surface area contributed by atoms with Crippen LogP contribution in [0.4, 0.5) is 16.2 Å². The molecule has 4 rings (SSSR count). The standard InChI is InChI=1S/C27H22BrN3O7S/c1-2-37-23-13-17(7-12-22(23)38-16-18-5-3-4-6-21(18)31(35)36)14-24-26(33)30(27(34)39-24)15-25(32)29-20-10-8-19(28)9-11-20/h3-14H,2,15-16H2,1H3,(H,29,32)/b24-14+. The predicted molar refractivity (Wildman–Crippen MR) is 150 cm³/mol. The number of nitrogens with one attached hydrogen (secondary N) is 1. The third-order valence-electron chi connectivity index (χ3n) is 5.44. The molecule has 10 nitrogen and oxygen atoms in total.